The summed E-state index contributed by atoms with van der Waals surface area (Å²) in [4.78, 5) is 11.8. The SMILES string of the molecule is Nc1cc(C(=O)OCCC2CCCO2)cc(Cl)c1Cl. The van der Waals surface area contributed by atoms with Crippen molar-refractivity contribution in [2.75, 3.05) is 18.9 Å². The molecular formula is C13H15Cl2NO3. The highest BCUT2D eigenvalue weighted by atomic mass is 35.5. The average molecular weight is 304 g/mol. The predicted molar refractivity (Wildman–Crippen MR) is 74.7 cm³/mol. The maximum Gasteiger partial charge on any atom is 0.338 e. The monoisotopic (exact) mass is 303 g/mol. The second kappa shape index (κ2) is 6.46. The molecule has 1 aromatic rings. The molecule has 6 heteroatoms. The first kappa shape index (κ1) is 14.4. The molecule has 104 valence electrons. The number of hydrogen-bond acceptors (Lipinski definition) is 4. The number of anilines is 1. The van der Waals surface area contributed by atoms with Gasteiger partial charge in [-0.15, -0.1) is 0 Å². The highest BCUT2D eigenvalue weighted by Gasteiger charge is 2.17. The molecule has 1 aromatic carbocycles. The van der Waals surface area contributed by atoms with Gasteiger partial charge in [-0.05, 0) is 25.0 Å². The van der Waals surface area contributed by atoms with Crippen LogP contribution in [0.15, 0.2) is 12.1 Å². The van der Waals surface area contributed by atoms with Gasteiger partial charge in [-0.1, -0.05) is 23.2 Å². The van der Waals surface area contributed by atoms with E-state index < -0.39 is 5.97 Å². The smallest absolute Gasteiger partial charge is 0.338 e. The van der Waals surface area contributed by atoms with Gasteiger partial charge in [0.25, 0.3) is 0 Å². The molecule has 1 atom stereocenters. The lowest BCUT2D eigenvalue weighted by atomic mass is 10.2. The standard InChI is InChI=1S/C13H15Cl2NO3/c14-10-6-8(7-11(16)12(10)15)13(17)19-5-3-9-2-1-4-18-9/h6-7,9H,1-5,16H2. The lowest BCUT2D eigenvalue weighted by Gasteiger charge is -2.10. The molecule has 2 N–H and O–H groups in total. The van der Waals surface area contributed by atoms with Gasteiger partial charge in [-0.2, -0.15) is 0 Å². The molecule has 0 spiro atoms. The Morgan fingerprint density at radius 3 is 2.89 bits per heavy atom. The lowest BCUT2D eigenvalue weighted by molar-refractivity contribution is 0.0386. The fraction of sp³-hybridized carbons (Fsp3) is 0.462. The Bertz CT molecular complexity index is 450. The molecule has 0 aliphatic carbocycles. The molecule has 4 nitrogen and oxygen atoms in total. The van der Waals surface area contributed by atoms with Crippen molar-refractivity contribution in [2.24, 2.45) is 0 Å². The highest BCUT2D eigenvalue weighted by molar-refractivity contribution is 6.43. The molecular weight excluding hydrogens is 289 g/mol. The van der Waals surface area contributed by atoms with Crippen LogP contribution in [0.1, 0.15) is 29.6 Å². The van der Waals surface area contributed by atoms with Crippen LogP contribution in [0.4, 0.5) is 5.69 Å². The second-order valence-corrected chi connectivity index (χ2v) is 5.21. The van der Waals surface area contributed by atoms with Crippen molar-refractivity contribution in [3.05, 3.63) is 27.7 Å². The summed E-state index contributed by atoms with van der Waals surface area (Å²) in [6, 6.07) is 2.91. The van der Waals surface area contributed by atoms with Gasteiger partial charge in [0.15, 0.2) is 0 Å². The minimum Gasteiger partial charge on any atom is -0.462 e. The Morgan fingerprint density at radius 2 is 2.26 bits per heavy atom. The third kappa shape index (κ3) is 3.75. The van der Waals surface area contributed by atoms with Gasteiger partial charge in [-0.3, -0.25) is 0 Å². The number of carbonyl (C=O) groups excluding carboxylic acids is 1. The average Bonchev–Trinajstić information content (AvgIpc) is 2.88. The van der Waals surface area contributed by atoms with Crippen molar-refractivity contribution >= 4 is 34.9 Å². The van der Waals surface area contributed by atoms with Crippen molar-refractivity contribution in [1.29, 1.82) is 0 Å². The van der Waals surface area contributed by atoms with Gasteiger partial charge in [0, 0.05) is 13.0 Å². The summed E-state index contributed by atoms with van der Waals surface area (Å²) in [7, 11) is 0. The molecule has 0 amide bonds. The van der Waals surface area contributed by atoms with Crippen LogP contribution in [0.25, 0.3) is 0 Å². The zero-order valence-corrected chi connectivity index (χ0v) is 11.8. The van der Waals surface area contributed by atoms with E-state index in [1.807, 2.05) is 0 Å². The van der Waals surface area contributed by atoms with Gasteiger partial charge in [0.2, 0.25) is 0 Å². The van der Waals surface area contributed by atoms with Gasteiger partial charge < -0.3 is 15.2 Å². The molecule has 1 aliphatic rings. The number of esters is 1. The maximum absolute atomic E-state index is 11.8. The van der Waals surface area contributed by atoms with Gasteiger partial charge in [-0.25, -0.2) is 4.79 Å². The van der Waals surface area contributed by atoms with Crippen LogP contribution in [0.2, 0.25) is 10.0 Å². The predicted octanol–water partition coefficient (Wildman–Crippen LogP) is 3.30. The normalized spacial score (nSPS) is 18.5. The number of hydrogen-bond donors (Lipinski definition) is 1. The van der Waals surface area contributed by atoms with E-state index in [-0.39, 0.29) is 21.8 Å². The van der Waals surface area contributed by atoms with Crippen molar-refractivity contribution in [3.8, 4) is 0 Å². The molecule has 1 unspecified atom stereocenters. The molecule has 1 fully saturated rings. The number of nitrogens with two attached hydrogens (primary N) is 1. The molecule has 1 saturated heterocycles. The summed E-state index contributed by atoms with van der Waals surface area (Å²) in [6.45, 7) is 1.12. The Balaban J connectivity index is 1.88. The van der Waals surface area contributed by atoms with E-state index in [0.717, 1.165) is 19.4 Å². The summed E-state index contributed by atoms with van der Waals surface area (Å²) in [5.74, 6) is -0.455. The Morgan fingerprint density at radius 1 is 1.47 bits per heavy atom. The van der Waals surface area contributed by atoms with Crippen LogP contribution < -0.4 is 5.73 Å². The third-order valence-corrected chi connectivity index (χ3v) is 3.81. The van der Waals surface area contributed by atoms with Crippen molar-refractivity contribution in [1.82, 2.24) is 0 Å². The first-order chi connectivity index (χ1) is 9.08. The Kier molecular flexibility index (Phi) is 4.91. The van der Waals surface area contributed by atoms with Crippen LogP contribution in [0.3, 0.4) is 0 Å². The van der Waals surface area contributed by atoms with E-state index in [2.05, 4.69) is 0 Å². The number of benzene rings is 1. The summed E-state index contributed by atoms with van der Waals surface area (Å²) >= 11 is 11.7. The molecule has 1 aliphatic heterocycles. The van der Waals surface area contributed by atoms with Gasteiger partial charge >= 0.3 is 5.97 Å². The zero-order valence-electron chi connectivity index (χ0n) is 10.3. The largest absolute Gasteiger partial charge is 0.462 e. The van der Waals surface area contributed by atoms with Crippen molar-refractivity contribution in [3.63, 3.8) is 0 Å². The van der Waals surface area contributed by atoms with E-state index >= 15 is 0 Å². The molecule has 0 saturated carbocycles. The summed E-state index contributed by atoms with van der Waals surface area (Å²) < 4.78 is 10.6. The van der Waals surface area contributed by atoms with Crippen LogP contribution in [0, 0.1) is 0 Å². The van der Waals surface area contributed by atoms with E-state index in [4.69, 9.17) is 38.4 Å². The van der Waals surface area contributed by atoms with E-state index in [9.17, 15) is 4.79 Å². The zero-order chi connectivity index (χ0) is 13.8. The number of nitrogen functional groups attached to an aromatic ring is 1. The van der Waals surface area contributed by atoms with Crippen molar-refractivity contribution < 1.29 is 14.3 Å². The topological polar surface area (TPSA) is 61.6 Å². The number of rotatable bonds is 4. The molecule has 2 rings (SSSR count). The number of halogens is 2. The maximum atomic E-state index is 11.8. The van der Waals surface area contributed by atoms with Crippen LogP contribution in [0.5, 0.6) is 0 Å². The Labute approximate surface area is 121 Å². The van der Waals surface area contributed by atoms with Crippen LogP contribution >= 0.6 is 23.2 Å². The second-order valence-electron chi connectivity index (χ2n) is 4.42. The quantitative estimate of drug-likeness (QED) is 0.685. The third-order valence-electron chi connectivity index (χ3n) is 2.99. The number of ether oxygens (including phenoxy) is 2. The van der Waals surface area contributed by atoms with Crippen LogP contribution in [-0.2, 0) is 9.47 Å². The van der Waals surface area contributed by atoms with E-state index in [1.54, 1.807) is 0 Å². The fourth-order valence-corrected chi connectivity index (χ4v) is 2.30. The lowest BCUT2D eigenvalue weighted by Crippen LogP contribution is -2.13. The molecule has 0 radical (unpaired) electrons. The first-order valence-electron chi connectivity index (χ1n) is 6.11. The minimum atomic E-state index is -0.455. The summed E-state index contributed by atoms with van der Waals surface area (Å²) in [6.07, 6.45) is 3.01. The number of carbonyl (C=O) groups is 1. The molecule has 0 aromatic heterocycles. The summed E-state index contributed by atoms with van der Waals surface area (Å²) in [5, 5.41) is 0.491. The Hall–Kier alpha value is -0.970. The highest BCUT2D eigenvalue weighted by Crippen LogP contribution is 2.29. The fourth-order valence-electron chi connectivity index (χ4n) is 1.97. The van der Waals surface area contributed by atoms with Gasteiger partial charge in [0.1, 0.15) is 0 Å². The van der Waals surface area contributed by atoms with E-state index in [1.165, 1.54) is 12.1 Å². The van der Waals surface area contributed by atoms with E-state index in [0.29, 0.717) is 18.6 Å². The molecule has 0 bridgehead atoms. The minimum absolute atomic E-state index is 0.201. The summed E-state index contributed by atoms with van der Waals surface area (Å²) in [5.41, 5.74) is 6.21. The van der Waals surface area contributed by atoms with Gasteiger partial charge in [0.05, 0.1) is 34.0 Å². The van der Waals surface area contributed by atoms with Crippen molar-refractivity contribution in [2.45, 2.75) is 25.4 Å². The molecule has 19 heavy (non-hydrogen) atoms. The molecule has 1 heterocycles. The first-order valence-corrected chi connectivity index (χ1v) is 6.87. The van der Waals surface area contributed by atoms with Crippen LogP contribution in [-0.4, -0.2) is 25.3 Å².